The molecule has 0 radical (unpaired) electrons. The van der Waals surface area contributed by atoms with Gasteiger partial charge in [0, 0.05) is 18.5 Å². The molecule has 1 aromatic rings. The van der Waals surface area contributed by atoms with Crippen LogP contribution in [0, 0.1) is 0 Å². The van der Waals surface area contributed by atoms with E-state index in [-0.39, 0.29) is 17.8 Å². The molecule has 0 atom stereocenters. The van der Waals surface area contributed by atoms with Gasteiger partial charge in [-0.2, -0.15) is 13.2 Å². The predicted octanol–water partition coefficient (Wildman–Crippen LogP) is 2.95. The third kappa shape index (κ3) is 4.15. The van der Waals surface area contributed by atoms with Crippen LogP contribution in [-0.4, -0.2) is 32.8 Å². The number of nitrogens with one attached hydrogen (secondary N) is 1. The van der Waals surface area contributed by atoms with Crippen molar-refractivity contribution in [1.82, 2.24) is 14.9 Å². The number of nitrogens with zero attached hydrogens (tertiary/aromatic N) is 3. The van der Waals surface area contributed by atoms with Crippen molar-refractivity contribution >= 4 is 28.9 Å². The average molecular weight is 344 g/mol. The van der Waals surface area contributed by atoms with Crippen molar-refractivity contribution in [3.8, 4) is 0 Å². The number of rotatable bonds is 3. The van der Waals surface area contributed by atoms with Crippen molar-refractivity contribution in [2.45, 2.75) is 44.4 Å². The minimum Gasteiger partial charge on any atom is -0.322 e. The maximum Gasteiger partial charge on any atom is 0.406 e. The minimum absolute atomic E-state index is 0.0992. The number of aliphatic imine (C=N–C) groups is 1. The third-order valence-electron chi connectivity index (χ3n) is 3.63. The Labute approximate surface area is 135 Å². The summed E-state index contributed by atoms with van der Waals surface area (Å²) in [5.41, 5.74) is 0. The van der Waals surface area contributed by atoms with Crippen molar-refractivity contribution in [1.29, 1.82) is 0 Å². The molecule has 23 heavy (non-hydrogen) atoms. The van der Waals surface area contributed by atoms with Crippen LogP contribution in [0.4, 0.5) is 13.2 Å². The number of amides is 1. The summed E-state index contributed by atoms with van der Waals surface area (Å²) < 4.78 is 38.5. The molecular weight excluding hydrogens is 329 g/mol. The minimum atomic E-state index is -4.34. The first-order valence-electron chi connectivity index (χ1n) is 7.27. The molecule has 1 amide bonds. The molecule has 1 aliphatic carbocycles. The molecule has 1 N–H and O–H groups in total. The fraction of sp³-hybridized carbons (Fsp3) is 0.500. The molecule has 0 bridgehead atoms. The highest BCUT2D eigenvalue weighted by molar-refractivity contribution is 8.18. The van der Waals surface area contributed by atoms with Gasteiger partial charge in [-0.15, -0.1) is 0 Å². The number of carbonyl (C=O) groups is 1. The normalized spacial score (nSPS) is 23.2. The Bertz CT molecular complexity index is 659. The molecule has 1 saturated heterocycles. The van der Waals surface area contributed by atoms with Crippen molar-refractivity contribution in [3.63, 3.8) is 0 Å². The molecule has 5 nitrogen and oxygen atoms in total. The van der Waals surface area contributed by atoms with E-state index in [4.69, 9.17) is 0 Å². The van der Waals surface area contributed by atoms with Crippen LogP contribution in [0.25, 0.3) is 6.08 Å². The molecule has 124 valence electrons. The van der Waals surface area contributed by atoms with E-state index >= 15 is 0 Å². The van der Waals surface area contributed by atoms with E-state index < -0.39 is 12.7 Å². The first-order valence-corrected chi connectivity index (χ1v) is 8.09. The highest BCUT2D eigenvalue weighted by Crippen LogP contribution is 2.29. The zero-order valence-corrected chi connectivity index (χ0v) is 13.0. The first kappa shape index (κ1) is 16.1. The molecule has 3 rings (SSSR count). The van der Waals surface area contributed by atoms with Crippen LogP contribution in [0.5, 0.6) is 0 Å². The summed E-state index contributed by atoms with van der Waals surface area (Å²) in [5, 5.41) is 3.17. The lowest BCUT2D eigenvalue weighted by atomic mass is 10.3. The number of hydrogen-bond donors (Lipinski definition) is 1. The summed E-state index contributed by atoms with van der Waals surface area (Å²) in [6.07, 6.45) is 3.84. The van der Waals surface area contributed by atoms with Gasteiger partial charge < -0.3 is 9.88 Å². The zero-order valence-electron chi connectivity index (χ0n) is 12.1. The Morgan fingerprint density at radius 2 is 2.17 bits per heavy atom. The smallest absolute Gasteiger partial charge is 0.322 e. The number of halogens is 3. The number of carbonyl (C=O) groups excluding carboxylic acids is 1. The summed E-state index contributed by atoms with van der Waals surface area (Å²) in [5.74, 6) is -0.254. The fourth-order valence-electron chi connectivity index (χ4n) is 2.59. The van der Waals surface area contributed by atoms with Gasteiger partial charge in [-0.3, -0.25) is 9.79 Å². The Morgan fingerprint density at radius 1 is 1.43 bits per heavy atom. The predicted molar refractivity (Wildman–Crippen MR) is 81.7 cm³/mol. The first-order chi connectivity index (χ1) is 10.9. The molecular formula is C14H15F3N4OS. The van der Waals surface area contributed by atoms with Crippen molar-refractivity contribution < 1.29 is 18.0 Å². The van der Waals surface area contributed by atoms with Gasteiger partial charge in [0.25, 0.3) is 5.91 Å². The van der Waals surface area contributed by atoms with Gasteiger partial charge in [0.2, 0.25) is 0 Å². The van der Waals surface area contributed by atoms with Gasteiger partial charge >= 0.3 is 6.18 Å². The van der Waals surface area contributed by atoms with Crippen LogP contribution in [0.1, 0.15) is 31.5 Å². The molecule has 2 fully saturated rings. The number of aromatic nitrogens is 2. The summed E-state index contributed by atoms with van der Waals surface area (Å²) in [6.45, 7) is -1.14. The van der Waals surface area contributed by atoms with Gasteiger partial charge in [-0.25, -0.2) is 4.98 Å². The second-order valence-corrected chi connectivity index (χ2v) is 6.50. The Morgan fingerprint density at radius 3 is 2.87 bits per heavy atom. The highest BCUT2D eigenvalue weighted by Gasteiger charge is 2.30. The topological polar surface area (TPSA) is 59.3 Å². The molecule has 1 saturated carbocycles. The fourth-order valence-corrected chi connectivity index (χ4v) is 3.45. The second-order valence-electron chi connectivity index (χ2n) is 5.47. The van der Waals surface area contributed by atoms with Gasteiger partial charge in [0.1, 0.15) is 12.4 Å². The van der Waals surface area contributed by atoms with E-state index in [2.05, 4.69) is 15.3 Å². The molecule has 2 aliphatic rings. The van der Waals surface area contributed by atoms with Crippen LogP contribution in [0.2, 0.25) is 0 Å². The van der Waals surface area contributed by atoms with Crippen molar-refractivity contribution in [2.75, 3.05) is 0 Å². The summed E-state index contributed by atoms with van der Waals surface area (Å²) in [4.78, 5) is 20.6. The molecule has 0 spiro atoms. The van der Waals surface area contributed by atoms with E-state index in [1.807, 2.05) is 0 Å². The molecule has 1 aromatic heterocycles. The quantitative estimate of drug-likeness (QED) is 0.858. The van der Waals surface area contributed by atoms with E-state index in [1.165, 1.54) is 18.5 Å². The Balaban J connectivity index is 1.75. The lowest BCUT2D eigenvalue weighted by Gasteiger charge is -2.08. The molecule has 0 unspecified atom stereocenters. The zero-order chi connectivity index (χ0) is 16.4. The van der Waals surface area contributed by atoms with Crippen LogP contribution < -0.4 is 5.32 Å². The van der Waals surface area contributed by atoms with Gasteiger partial charge in [-0.05, 0) is 24.6 Å². The molecule has 2 heterocycles. The monoisotopic (exact) mass is 344 g/mol. The lowest BCUT2D eigenvalue weighted by molar-refractivity contribution is -0.140. The van der Waals surface area contributed by atoms with Crippen LogP contribution in [0.3, 0.4) is 0 Å². The number of amidine groups is 1. The lowest BCUT2D eigenvalue weighted by Crippen LogP contribution is -2.21. The standard InChI is InChI=1S/C14H15F3N4OS/c15-14(16,17)8-21-6-5-18-11(21)7-10-12(22)20-13(23-10)19-9-3-1-2-4-9/h5-7,9H,1-4,8H2,(H,19,20,22)/b10-7+. The summed E-state index contributed by atoms with van der Waals surface area (Å²) >= 11 is 1.15. The number of hydrogen-bond acceptors (Lipinski definition) is 4. The van der Waals surface area contributed by atoms with Crippen LogP contribution in [0.15, 0.2) is 22.3 Å². The SMILES string of the molecule is O=C1NC(=NC2CCCC2)S/C1=C/c1nccn1CC(F)(F)F. The van der Waals surface area contributed by atoms with Gasteiger partial charge in [-0.1, -0.05) is 12.8 Å². The van der Waals surface area contributed by atoms with Crippen molar-refractivity contribution in [2.24, 2.45) is 4.99 Å². The maximum atomic E-state index is 12.5. The Kier molecular flexibility index (Phi) is 4.47. The van der Waals surface area contributed by atoms with Gasteiger partial charge in [0.05, 0.1) is 10.9 Å². The largest absolute Gasteiger partial charge is 0.406 e. The maximum absolute atomic E-state index is 12.5. The van der Waals surface area contributed by atoms with E-state index in [0.29, 0.717) is 10.1 Å². The Hall–Kier alpha value is -1.77. The van der Waals surface area contributed by atoms with Crippen LogP contribution >= 0.6 is 11.8 Å². The second kappa shape index (κ2) is 6.38. The van der Waals surface area contributed by atoms with E-state index in [9.17, 15) is 18.0 Å². The summed E-state index contributed by atoms with van der Waals surface area (Å²) in [7, 11) is 0. The highest BCUT2D eigenvalue weighted by atomic mass is 32.2. The molecule has 0 aromatic carbocycles. The van der Waals surface area contributed by atoms with Crippen molar-refractivity contribution in [3.05, 3.63) is 23.1 Å². The third-order valence-corrected chi connectivity index (χ3v) is 4.56. The van der Waals surface area contributed by atoms with Crippen LogP contribution in [-0.2, 0) is 11.3 Å². The number of imidazole rings is 1. The molecule has 1 aliphatic heterocycles. The summed E-state index contributed by atoms with van der Waals surface area (Å²) in [6, 6.07) is 0.226. The van der Waals surface area contributed by atoms with Gasteiger partial charge in [0.15, 0.2) is 5.17 Å². The number of thioether (sulfide) groups is 1. The number of alkyl halides is 3. The van der Waals surface area contributed by atoms with E-state index in [1.54, 1.807) is 0 Å². The molecule has 9 heteroatoms. The average Bonchev–Trinajstić information content (AvgIpc) is 3.14. The van der Waals surface area contributed by atoms with E-state index in [0.717, 1.165) is 42.0 Å².